The second kappa shape index (κ2) is 7.65. The molecule has 0 aliphatic heterocycles. The molecule has 2 aromatic rings. The topological polar surface area (TPSA) is 95.9 Å². The number of phenolic OH excluding ortho intramolecular Hbond substituents is 1. The third-order valence-corrected chi connectivity index (χ3v) is 4.62. The minimum atomic E-state index is -4.72. The molecule has 0 unspecified atom stereocenters. The molecule has 154 valence electrons. The number of aliphatic carboxylic acids is 1. The highest BCUT2D eigenvalue weighted by Crippen LogP contribution is 2.43. The summed E-state index contributed by atoms with van der Waals surface area (Å²) in [5.74, 6) is -2.47. The summed E-state index contributed by atoms with van der Waals surface area (Å²) < 4.78 is 44.9. The summed E-state index contributed by atoms with van der Waals surface area (Å²) in [5, 5.41) is 20.8. The van der Waals surface area contributed by atoms with Crippen LogP contribution in [0.2, 0.25) is 0 Å². The number of fused-ring (bicyclic) bond motifs is 1. The van der Waals surface area contributed by atoms with Crippen molar-refractivity contribution in [2.45, 2.75) is 38.8 Å². The number of rotatable bonds is 5. The third kappa shape index (κ3) is 4.44. The summed E-state index contributed by atoms with van der Waals surface area (Å²) in [4.78, 5) is 22.5. The number of aryl methyl sites for hydroxylation is 1. The van der Waals surface area contributed by atoms with Crippen LogP contribution in [-0.2, 0) is 28.6 Å². The lowest BCUT2D eigenvalue weighted by atomic mass is 10.0. The fraction of sp³-hybridized carbons (Fsp3) is 0.300. The first kappa shape index (κ1) is 20.5. The Morgan fingerprint density at radius 1 is 1.17 bits per heavy atom. The van der Waals surface area contributed by atoms with Crippen LogP contribution >= 0.6 is 0 Å². The van der Waals surface area contributed by atoms with Crippen molar-refractivity contribution in [3.8, 4) is 17.2 Å². The molecule has 0 atom stereocenters. The van der Waals surface area contributed by atoms with E-state index in [-0.39, 0.29) is 5.75 Å². The average Bonchev–Trinajstić information content (AvgIpc) is 3.08. The zero-order chi connectivity index (χ0) is 21.3. The van der Waals surface area contributed by atoms with Crippen molar-refractivity contribution in [1.82, 2.24) is 0 Å². The van der Waals surface area contributed by atoms with Gasteiger partial charge in [-0.3, -0.25) is 9.59 Å². The predicted octanol–water partition coefficient (Wildman–Crippen LogP) is 4.41. The Balaban J connectivity index is 1.95. The van der Waals surface area contributed by atoms with E-state index in [4.69, 9.17) is 9.84 Å². The number of carbonyl (C=O) groups excluding carboxylic acids is 1. The standard InChI is InChI=1S/C20H18F3NO5/c1-10-7-15(24-17(26)9-18(27)28)12-3-2-4-13(12)19(10)29-11-5-6-16(25)14(8-11)20(21,22)23/h5-8,25H,2-4,9H2,1H3,(H,24,26)(H,27,28). The average molecular weight is 409 g/mol. The Morgan fingerprint density at radius 2 is 1.86 bits per heavy atom. The van der Waals surface area contributed by atoms with Crippen molar-refractivity contribution in [3.63, 3.8) is 0 Å². The molecule has 1 amide bonds. The molecule has 29 heavy (non-hydrogen) atoms. The molecule has 0 bridgehead atoms. The Bertz CT molecular complexity index is 985. The summed E-state index contributed by atoms with van der Waals surface area (Å²) in [6, 6.07) is 4.52. The van der Waals surface area contributed by atoms with Crippen LogP contribution in [0.15, 0.2) is 24.3 Å². The van der Waals surface area contributed by atoms with Crippen LogP contribution in [0.3, 0.4) is 0 Å². The van der Waals surface area contributed by atoms with Gasteiger partial charge in [0.05, 0.1) is 0 Å². The number of aromatic hydroxyl groups is 1. The molecule has 0 fully saturated rings. The summed E-state index contributed by atoms with van der Waals surface area (Å²) in [7, 11) is 0. The maximum atomic E-state index is 13.0. The van der Waals surface area contributed by atoms with Gasteiger partial charge in [-0.1, -0.05) is 0 Å². The van der Waals surface area contributed by atoms with E-state index in [1.54, 1.807) is 13.0 Å². The number of hydrogen-bond donors (Lipinski definition) is 3. The van der Waals surface area contributed by atoms with E-state index in [0.29, 0.717) is 29.8 Å². The lowest BCUT2D eigenvalue weighted by molar-refractivity contribution is -0.140. The third-order valence-electron chi connectivity index (χ3n) is 4.62. The molecule has 9 heteroatoms. The first-order valence-electron chi connectivity index (χ1n) is 8.81. The van der Waals surface area contributed by atoms with Crippen LogP contribution in [-0.4, -0.2) is 22.1 Å². The maximum absolute atomic E-state index is 13.0. The Hall–Kier alpha value is -3.23. The number of carboxylic acids is 1. The first-order chi connectivity index (χ1) is 13.6. The van der Waals surface area contributed by atoms with Crippen molar-refractivity contribution in [2.24, 2.45) is 0 Å². The molecular formula is C20H18F3NO5. The van der Waals surface area contributed by atoms with Gasteiger partial charge in [-0.2, -0.15) is 13.2 Å². The molecule has 6 nitrogen and oxygen atoms in total. The number of amides is 1. The molecular weight excluding hydrogens is 391 g/mol. The highest BCUT2D eigenvalue weighted by atomic mass is 19.4. The quantitative estimate of drug-likeness (QED) is 0.636. The van der Waals surface area contributed by atoms with Crippen molar-refractivity contribution >= 4 is 17.6 Å². The highest BCUT2D eigenvalue weighted by Gasteiger charge is 2.34. The van der Waals surface area contributed by atoms with Gasteiger partial charge in [0, 0.05) is 11.3 Å². The monoisotopic (exact) mass is 409 g/mol. The van der Waals surface area contributed by atoms with Crippen LogP contribution in [0, 0.1) is 6.92 Å². The molecule has 0 radical (unpaired) electrons. The van der Waals surface area contributed by atoms with Crippen molar-refractivity contribution in [2.75, 3.05) is 5.32 Å². The second-order valence-electron chi connectivity index (χ2n) is 6.78. The number of benzene rings is 2. The molecule has 0 saturated heterocycles. The number of hydrogen-bond acceptors (Lipinski definition) is 4. The molecule has 2 aromatic carbocycles. The van der Waals surface area contributed by atoms with Crippen molar-refractivity contribution in [3.05, 3.63) is 46.5 Å². The fourth-order valence-electron chi connectivity index (χ4n) is 3.41. The summed E-state index contributed by atoms with van der Waals surface area (Å²) in [6.45, 7) is 1.69. The Labute approximate surface area is 163 Å². The number of phenols is 1. The number of halogens is 3. The summed E-state index contributed by atoms with van der Waals surface area (Å²) in [6.07, 6.45) is -3.39. The second-order valence-corrected chi connectivity index (χ2v) is 6.78. The van der Waals surface area contributed by atoms with E-state index in [0.717, 1.165) is 29.7 Å². The van der Waals surface area contributed by atoms with Gasteiger partial charge in [-0.15, -0.1) is 0 Å². The number of carbonyl (C=O) groups is 2. The van der Waals surface area contributed by atoms with Crippen LogP contribution in [0.5, 0.6) is 17.2 Å². The van der Waals surface area contributed by atoms with Crippen LogP contribution < -0.4 is 10.1 Å². The highest BCUT2D eigenvalue weighted by molar-refractivity contribution is 6.02. The Kier molecular flexibility index (Phi) is 5.41. The lowest BCUT2D eigenvalue weighted by Gasteiger charge is -2.18. The SMILES string of the molecule is Cc1cc(NC(=O)CC(=O)O)c2c(c1Oc1ccc(O)c(C(F)(F)F)c1)CCC2. The van der Waals surface area contributed by atoms with Crippen molar-refractivity contribution in [1.29, 1.82) is 0 Å². The number of ether oxygens (including phenoxy) is 1. The fourth-order valence-corrected chi connectivity index (χ4v) is 3.41. The summed E-state index contributed by atoms with van der Waals surface area (Å²) in [5.41, 5.74) is 1.41. The van der Waals surface area contributed by atoms with Gasteiger partial charge in [0.25, 0.3) is 0 Å². The maximum Gasteiger partial charge on any atom is 0.420 e. The minimum Gasteiger partial charge on any atom is -0.507 e. The van der Waals surface area contributed by atoms with Gasteiger partial charge in [-0.25, -0.2) is 0 Å². The van der Waals surface area contributed by atoms with E-state index in [2.05, 4.69) is 5.32 Å². The van der Waals surface area contributed by atoms with Crippen LogP contribution in [0.4, 0.5) is 18.9 Å². The molecule has 3 rings (SSSR count). The van der Waals surface area contributed by atoms with E-state index in [9.17, 15) is 27.9 Å². The molecule has 0 spiro atoms. The molecule has 3 N–H and O–H groups in total. The molecule has 0 heterocycles. The van der Waals surface area contributed by atoms with Gasteiger partial charge in [0.15, 0.2) is 0 Å². The molecule has 0 saturated carbocycles. The van der Waals surface area contributed by atoms with Crippen LogP contribution in [0.25, 0.3) is 0 Å². The van der Waals surface area contributed by atoms with E-state index < -0.39 is 35.8 Å². The minimum absolute atomic E-state index is 0.0741. The Morgan fingerprint density at radius 3 is 2.52 bits per heavy atom. The van der Waals surface area contributed by atoms with E-state index >= 15 is 0 Å². The first-order valence-corrected chi connectivity index (χ1v) is 8.81. The zero-order valence-electron chi connectivity index (χ0n) is 15.4. The normalized spacial score (nSPS) is 13.1. The van der Waals surface area contributed by atoms with E-state index in [1.807, 2.05) is 0 Å². The number of anilines is 1. The van der Waals surface area contributed by atoms with Gasteiger partial charge < -0.3 is 20.3 Å². The lowest BCUT2D eigenvalue weighted by Crippen LogP contribution is -2.17. The van der Waals surface area contributed by atoms with Gasteiger partial charge in [0.1, 0.15) is 29.2 Å². The van der Waals surface area contributed by atoms with Crippen molar-refractivity contribution < 1.29 is 37.7 Å². The summed E-state index contributed by atoms with van der Waals surface area (Å²) >= 11 is 0. The zero-order valence-corrected chi connectivity index (χ0v) is 15.4. The molecule has 0 aromatic heterocycles. The van der Waals surface area contributed by atoms with Crippen LogP contribution in [0.1, 0.15) is 35.1 Å². The van der Waals surface area contributed by atoms with Gasteiger partial charge in [0.2, 0.25) is 5.91 Å². The largest absolute Gasteiger partial charge is 0.507 e. The molecule has 1 aliphatic rings. The van der Waals surface area contributed by atoms with Gasteiger partial charge in [-0.05, 0) is 61.6 Å². The van der Waals surface area contributed by atoms with E-state index in [1.165, 1.54) is 6.07 Å². The van der Waals surface area contributed by atoms with Gasteiger partial charge >= 0.3 is 12.1 Å². The number of alkyl halides is 3. The molecule has 1 aliphatic carbocycles. The smallest absolute Gasteiger partial charge is 0.420 e. The predicted molar refractivity (Wildman–Crippen MR) is 97.3 cm³/mol. The number of carboxylic acid groups (broad SMARTS) is 1. The number of nitrogens with one attached hydrogen (secondary N) is 1.